The van der Waals surface area contributed by atoms with E-state index in [9.17, 15) is 4.79 Å². The zero-order valence-corrected chi connectivity index (χ0v) is 10.7. The van der Waals surface area contributed by atoms with Crippen LogP contribution in [-0.2, 0) is 24.7 Å². The number of aromatic nitrogens is 2. The Labute approximate surface area is 107 Å². The van der Waals surface area contributed by atoms with E-state index in [-0.39, 0.29) is 5.78 Å². The molecule has 0 spiro atoms. The highest BCUT2D eigenvalue weighted by atomic mass is 16.1. The van der Waals surface area contributed by atoms with Crippen LogP contribution in [0.2, 0.25) is 0 Å². The lowest BCUT2D eigenvalue weighted by atomic mass is 10.0. The molecule has 0 saturated carbocycles. The number of rotatable bonds is 6. The van der Waals surface area contributed by atoms with Gasteiger partial charge in [-0.15, -0.1) is 0 Å². The summed E-state index contributed by atoms with van der Waals surface area (Å²) in [5, 5.41) is 4.21. The number of ketones is 1. The molecule has 2 rings (SSSR count). The molecule has 0 N–H and O–H groups in total. The van der Waals surface area contributed by atoms with Crippen LogP contribution in [0.3, 0.4) is 0 Å². The number of hydrogen-bond acceptors (Lipinski definition) is 2. The molecule has 0 bridgehead atoms. The van der Waals surface area contributed by atoms with E-state index < -0.39 is 0 Å². The van der Waals surface area contributed by atoms with Gasteiger partial charge in [-0.25, -0.2) is 0 Å². The monoisotopic (exact) mass is 242 g/mol. The predicted octanol–water partition coefficient (Wildman–Crippen LogP) is 2.55. The summed E-state index contributed by atoms with van der Waals surface area (Å²) in [6.07, 6.45) is 4.83. The van der Waals surface area contributed by atoms with Crippen molar-refractivity contribution in [1.29, 1.82) is 0 Å². The van der Waals surface area contributed by atoms with Gasteiger partial charge in [0.2, 0.25) is 0 Å². The number of carbonyl (C=O) groups excluding carboxylic acids is 1. The van der Waals surface area contributed by atoms with E-state index in [0.717, 1.165) is 18.5 Å². The van der Waals surface area contributed by atoms with Gasteiger partial charge in [-0.1, -0.05) is 30.3 Å². The van der Waals surface area contributed by atoms with Crippen LogP contribution in [0.5, 0.6) is 0 Å². The molecule has 0 fully saturated rings. The maximum atomic E-state index is 11.8. The number of benzene rings is 1. The zero-order chi connectivity index (χ0) is 12.8. The van der Waals surface area contributed by atoms with Gasteiger partial charge in [-0.3, -0.25) is 9.48 Å². The Morgan fingerprint density at radius 2 is 2.00 bits per heavy atom. The standard InChI is InChI=1S/C15H18N2O/c1-17-11-10-14(16-17)12-15(18)9-5-8-13-6-3-2-4-7-13/h2-4,6-7,10-11H,5,8-9,12H2,1H3. The first kappa shape index (κ1) is 12.6. The summed E-state index contributed by atoms with van der Waals surface area (Å²) in [6.45, 7) is 0. The van der Waals surface area contributed by atoms with Gasteiger partial charge in [0.1, 0.15) is 5.78 Å². The molecule has 0 unspecified atom stereocenters. The normalized spacial score (nSPS) is 10.5. The van der Waals surface area contributed by atoms with Crippen LogP contribution < -0.4 is 0 Å². The van der Waals surface area contributed by atoms with Crippen LogP contribution >= 0.6 is 0 Å². The van der Waals surface area contributed by atoms with Crippen LogP contribution in [0.15, 0.2) is 42.6 Å². The summed E-state index contributed by atoms with van der Waals surface area (Å²) >= 11 is 0. The van der Waals surface area contributed by atoms with Crippen LogP contribution in [0.4, 0.5) is 0 Å². The minimum atomic E-state index is 0.268. The Bertz CT molecular complexity index is 502. The molecule has 3 nitrogen and oxygen atoms in total. The molecule has 0 amide bonds. The first-order valence-electron chi connectivity index (χ1n) is 6.28. The van der Waals surface area contributed by atoms with Crippen molar-refractivity contribution < 1.29 is 4.79 Å². The van der Waals surface area contributed by atoms with Crippen molar-refractivity contribution in [2.24, 2.45) is 7.05 Å². The van der Waals surface area contributed by atoms with Crippen LogP contribution in [0.25, 0.3) is 0 Å². The fourth-order valence-corrected chi connectivity index (χ4v) is 1.98. The molecule has 0 aliphatic carbocycles. The first-order valence-corrected chi connectivity index (χ1v) is 6.28. The van der Waals surface area contributed by atoms with E-state index in [2.05, 4.69) is 17.2 Å². The molecule has 1 aromatic heterocycles. The van der Waals surface area contributed by atoms with Crippen molar-refractivity contribution in [3.05, 3.63) is 53.9 Å². The molecule has 0 saturated heterocycles. The van der Waals surface area contributed by atoms with Gasteiger partial charge in [0.15, 0.2) is 0 Å². The minimum absolute atomic E-state index is 0.268. The fraction of sp³-hybridized carbons (Fsp3) is 0.333. The van der Waals surface area contributed by atoms with Gasteiger partial charge < -0.3 is 0 Å². The third kappa shape index (κ3) is 3.84. The Hall–Kier alpha value is -1.90. The number of Topliss-reactive ketones (excluding diaryl/α,β-unsaturated/α-hetero) is 1. The van der Waals surface area contributed by atoms with E-state index in [1.54, 1.807) is 4.68 Å². The van der Waals surface area contributed by atoms with Crippen LogP contribution in [0.1, 0.15) is 24.1 Å². The summed E-state index contributed by atoms with van der Waals surface area (Å²) in [6, 6.07) is 12.2. The van der Waals surface area contributed by atoms with E-state index in [1.165, 1.54) is 5.56 Å². The Morgan fingerprint density at radius 1 is 1.22 bits per heavy atom. The maximum Gasteiger partial charge on any atom is 0.138 e. The molecule has 0 aliphatic rings. The van der Waals surface area contributed by atoms with Crippen molar-refractivity contribution in [1.82, 2.24) is 9.78 Å². The third-order valence-electron chi connectivity index (χ3n) is 2.91. The van der Waals surface area contributed by atoms with Crippen molar-refractivity contribution in [3.8, 4) is 0 Å². The summed E-state index contributed by atoms with van der Waals surface area (Å²) in [4.78, 5) is 11.8. The Morgan fingerprint density at radius 3 is 2.67 bits per heavy atom. The lowest BCUT2D eigenvalue weighted by molar-refractivity contribution is -0.118. The highest BCUT2D eigenvalue weighted by Gasteiger charge is 2.06. The Kier molecular flexibility index (Phi) is 4.29. The van der Waals surface area contributed by atoms with Crippen molar-refractivity contribution in [2.45, 2.75) is 25.7 Å². The van der Waals surface area contributed by atoms with Crippen molar-refractivity contribution >= 4 is 5.78 Å². The van der Waals surface area contributed by atoms with Gasteiger partial charge in [-0.05, 0) is 24.5 Å². The molecule has 2 aromatic rings. The molecule has 0 radical (unpaired) electrons. The molecule has 1 heterocycles. The van der Waals surface area contributed by atoms with Crippen LogP contribution in [-0.4, -0.2) is 15.6 Å². The van der Waals surface area contributed by atoms with E-state index >= 15 is 0 Å². The van der Waals surface area contributed by atoms with E-state index in [0.29, 0.717) is 12.8 Å². The van der Waals surface area contributed by atoms with E-state index in [1.807, 2.05) is 37.5 Å². The van der Waals surface area contributed by atoms with Crippen molar-refractivity contribution in [3.63, 3.8) is 0 Å². The van der Waals surface area contributed by atoms with Gasteiger partial charge in [-0.2, -0.15) is 5.10 Å². The largest absolute Gasteiger partial charge is 0.299 e. The lowest BCUT2D eigenvalue weighted by Gasteiger charge is -2.00. The molecular weight excluding hydrogens is 224 g/mol. The molecule has 0 aliphatic heterocycles. The van der Waals surface area contributed by atoms with Crippen LogP contribution in [0, 0.1) is 0 Å². The smallest absolute Gasteiger partial charge is 0.138 e. The number of nitrogens with zero attached hydrogens (tertiary/aromatic N) is 2. The lowest BCUT2D eigenvalue weighted by Crippen LogP contribution is -2.04. The summed E-state index contributed by atoms with van der Waals surface area (Å²) < 4.78 is 1.73. The van der Waals surface area contributed by atoms with Crippen molar-refractivity contribution in [2.75, 3.05) is 0 Å². The Balaban J connectivity index is 1.72. The molecule has 18 heavy (non-hydrogen) atoms. The number of aryl methyl sites for hydroxylation is 2. The summed E-state index contributed by atoms with van der Waals surface area (Å²) in [7, 11) is 1.86. The summed E-state index contributed by atoms with van der Waals surface area (Å²) in [5.41, 5.74) is 2.16. The second kappa shape index (κ2) is 6.15. The highest BCUT2D eigenvalue weighted by Crippen LogP contribution is 2.06. The fourth-order valence-electron chi connectivity index (χ4n) is 1.98. The topological polar surface area (TPSA) is 34.9 Å². The zero-order valence-electron chi connectivity index (χ0n) is 10.7. The molecule has 94 valence electrons. The van der Waals surface area contributed by atoms with Gasteiger partial charge in [0.05, 0.1) is 12.1 Å². The summed E-state index contributed by atoms with van der Waals surface area (Å²) in [5.74, 6) is 0.268. The predicted molar refractivity (Wildman–Crippen MR) is 71.3 cm³/mol. The third-order valence-corrected chi connectivity index (χ3v) is 2.91. The highest BCUT2D eigenvalue weighted by molar-refractivity contribution is 5.80. The average molecular weight is 242 g/mol. The SMILES string of the molecule is Cn1ccc(CC(=O)CCCc2ccccc2)n1. The number of hydrogen-bond donors (Lipinski definition) is 0. The van der Waals surface area contributed by atoms with Gasteiger partial charge in [0, 0.05) is 19.7 Å². The maximum absolute atomic E-state index is 11.8. The quantitative estimate of drug-likeness (QED) is 0.780. The first-order chi connectivity index (χ1) is 8.74. The van der Waals surface area contributed by atoms with E-state index in [4.69, 9.17) is 0 Å². The minimum Gasteiger partial charge on any atom is -0.299 e. The van der Waals surface area contributed by atoms with Gasteiger partial charge >= 0.3 is 0 Å². The second-order valence-corrected chi connectivity index (χ2v) is 4.54. The molecule has 0 atom stereocenters. The second-order valence-electron chi connectivity index (χ2n) is 4.54. The number of carbonyl (C=O) groups is 1. The van der Waals surface area contributed by atoms with Gasteiger partial charge in [0.25, 0.3) is 0 Å². The molecular formula is C15H18N2O. The molecule has 3 heteroatoms. The average Bonchev–Trinajstić information content (AvgIpc) is 2.76. The molecule has 1 aromatic carbocycles.